The number of carbonyl (C=O) groups is 2. The van der Waals surface area contributed by atoms with Crippen molar-refractivity contribution in [3.8, 4) is 0 Å². The van der Waals surface area contributed by atoms with E-state index in [0.717, 1.165) is 51.0 Å². The largest absolute Gasteiger partial charge is 0.445 e. The first-order valence-corrected chi connectivity index (χ1v) is 10.5. The van der Waals surface area contributed by atoms with Crippen molar-refractivity contribution >= 4 is 12.2 Å². The summed E-state index contributed by atoms with van der Waals surface area (Å²) in [4.78, 5) is 25.5. The molecule has 0 atom stereocenters. The maximum Gasteiger partial charge on any atom is 0.410 e. The van der Waals surface area contributed by atoms with Crippen LogP contribution in [0.15, 0.2) is 30.3 Å². The van der Waals surface area contributed by atoms with E-state index in [4.69, 9.17) is 9.47 Å². The molecule has 1 aromatic carbocycles. The van der Waals surface area contributed by atoms with Gasteiger partial charge in [0.1, 0.15) is 12.2 Å². The minimum absolute atomic E-state index is 0.228. The van der Waals surface area contributed by atoms with Gasteiger partial charge < -0.3 is 25.0 Å². The number of nitrogens with zero attached hydrogens (tertiary/aromatic N) is 1. The molecule has 0 saturated carbocycles. The summed E-state index contributed by atoms with van der Waals surface area (Å²) >= 11 is 0. The Kier molecular flexibility index (Phi) is 9.25. The van der Waals surface area contributed by atoms with E-state index in [2.05, 4.69) is 10.6 Å². The fraction of sp³-hybridized carbons (Fsp3) is 0.636. The van der Waals surface area contributed by atoms with Crippen LogP contribution in [0.1, 0.15) is 45.6 Å². The number of hydrogen-bond acceptors (Lipinski definition) is 5. The predicted octanol–water partition coefficient (Wildman–Crippen LogP) is 3.54. The standard InChI is InChI=1S/C22H35N3O4/c1-22(2,3)29-20(26)24-13-7-12-23-16-18-10-14-25(15-11-18)21(27)28-17-19-8-5-4-6-9-19/h4-6,8-9,18,23H,7,10-17H2,1-3H3,(H,24,26). The molecule has 1 aliphatic heterocycles. The third-order valence-electron chi connectivity index (χ3n) is 4.71. The summed E-state index contributed by atoms with van der Waals surface area (Å²) in [6.07, 6.45) is 2.20. The lowest BCUT2D eigenvalue weighted by molar-refractivity contribution is 0.0527. The highest BCUT2D eigenvalue weighted by Crippen LogP contribution is 2.17. The summed E-state index contributed by atoms with van der Waals surface area (Å²) in [6, 6.07) is 9.73. The molecule has 2 N–H and O–H groups in total. The summed E-state index contributed by atoms with van der Waals surface area (Å²) in [5.74, 6) is 0.562. The Morgan fingerprint density at radius 2 is 1.79 bits per heavy atom. The molecule has 7 heteroatoms. The van der Waals surface area contributed by atoms with Gasteiger partial charge in [0.25, 0.3) is 0 Å². The Bertz CT molecular complexity index is 623. The monoisotopic (exact) mass is 405 g/mol. The summed E-state index contributed by atoms with van der Waals surface area (Å²) < 4.78 is 10.6. The number of carbonyl (C=O) groups excluding carboxylic acids is 2. The average molecular weight is 406 g/mol. The van der Waals surface area contributed by atoms with Crippen molar-refractivity contribution in [2.75, 3.05) is 32.7 Å². The Morgan fingerprint density at radius 3 is 2.45 bits per heavy atom. The van der Waals surface area contributed by atoms with E-state index < -0.39 is 5.60 Å². The van der Waals surface area contributed by atoms with Crippen LogP contribution in [-0.2, 0) is 16.1 Å². The Morgan fingerprint density at radius 1 is 1.10 bits per heavy atom. The van der Waals surface area contributed by atoms with Gasteiger partial charge in [-0.05, 0) is 64.6 Å². The number of nitrogens with one attached hydrogen (secondary N) is 2. The third-order valence-corrected chi connectivity index (χ3v) is 4.71. The molecule has 162 valence electrons. The van der Waals surface area contributed by atoms with Crippen LogP contribution in [0.5, 0.6) is 0 Å². The fourth-order valence-corrected chi connectivity index (χ4v) is 3.15. The molecule has 1 heterocycles. The van der Waals surface area contributed by atoms with Gasteiger partial charge in [-0.1, -0.05) is 30.3 Å². The molecule has 0 bridgehead atoms. The lowest BCUT2D eigenvalue weighted by Crippen LogP contribution is -2.41. The van der Waals surface area contributed by atoms with Gasteiger partial charge in [0.05, 0.1) is 0 Å². The van der Waals surface area contributed by atoms with E-state index in [9.17, 15) is 9.59 Å². The van der Waals surface area contributed by atoms with E-state index in [1.807, 2.05) is 51.1 Å². The van der Waals surface area contributed by atoms with Crippen LogP contribution in [-0.4, -0.2) is 55.4 Å². The molecule has 1 aliphatic rings. The molecule has 0 aromatic heterocycles. The van der Waals surface area contributed by atoms with Gasteiger partial charge in [-0.2, -0.15) is 0 Å². The van der Waals surface area contributed by atoms with Gasteiger partial charge in [-0.3, -0.25) is 0 Å². The summed E-state index contributed by atoms with van der Waals surface area (Å²) in [6.45, 7) is 9.70. The average Bonchev–Trinajstić information content (AvgIpc) is 2.68. The third kappa shape index (κ3) is 9.65. The maximum absolute atomic E-state index is 12.2. The zero-order valence-electron chi connectivity index (χ0n) is 17.9. The van der Waals surface area contributed by atoms with Gasteiger partial charge in [0.15, 0.2) is 0 Å². The van der Waals surface area contributed by atoms with Gasteiger partial charge in [0, 0.05) is 19.6 Å². The molecular weight excluding hydrogens is 370 g/mol. The fourth-order valence-electron chi connectivity index (χ4n) is 3.15. The summed E-state index contributed by atoms with van der Waals surface area (Å²) in [5, 5.41) is 6.20. The van der Waals surface area contributed by atoms with Gasteiger partial charge in [-0.25, -0.2) is 9.59 Å². The molecule has 1 fully saturated rings. The van der Waals surface area contributed by atoms with Crippen molar-refractivity contribution in [2.24, 2.45) is 5.92 Å². The van der Waals surface area contributed by atoms with Crippen molar-refractivity contribution in [3.05, 3.63) is 35.9 Å². The highest BCUT2D eigenvalue weighted by Gasteiger charge is 2.23. The molecule has 0 spiro atoms. The molecule has 0 unspecified atom stereocenters. The molecule has 1 aromatic rings. The number of rotatable bonds is 8. The first kappa shape index (κ1) is 23.0. The van der Waals surface area contributed by atoms with Gasteiger partial charge in [-0.15, -0.1) is 0 Å². The van der Waals surface area contributed by atoms with E-state index in [1.54, 1.807) is 4.90 Å². The van der Waals surface area contributed by atoms with Crippen molar-refractivity contribution in [3.63, 3.8) is 0 Å². The number of likely N-dealkylation sites (tertiary alicyclic amines) is 1. The van der Waals surface area contributed by atoms with Crippen molar-refractivity contribution < 1.29 is 19.1 Å². The maximum atomic E-state index is 12.2. The minimum Gasteiger partial charge on any atom is -0.445 e. The Labute approximate surface area is 174 Å². The number of benzene rings is 1. The molecule has 2 rings (SSSR count). The summed E-state index contributed by atoms with van der Waals surface area (Å²) in [5.41, 5.74) is 0.534. The molecule has 29 heavy (non-hydrogen) atoms. The van der Waals surface area contributed by atoms with Crippen LogP contribution in [0, 0.1) is 5.92 Å². The van der Waals surface area contributed by atoms with Crippen LogP contribution in [0.25, 0.3) is 0 Å². The predicted molar refractivity (Wildman–Crippen MR) is 113 cm³/mol. The second-order valence-electron chi connectivity index (χ2n) is 8.46. The van der Waals surface area contributed by atoms with Crippen LogP contribution in [0.4, 0.5) is 9.59 Å². The topological polar surface area (TPSA) is 79.9 Å². The van der Waals surface area contributed by atoms with Crippen LogP contribution in [0.3, 0.4) is 0 Å². The van der Waals surface area contributed by atoms with Crippen LogP contribution in [0.2, 0.25) is 0 Å². The van der Waals surface area contributed by atoms with Gasteiger partial charge in [0.2, 0.25) is 0 Å². The highest BCUT2D eigenvalue weighted by molar-refractivity contribution is 5.68. The molecular formula is C22H35N3O4. The van der Waals surface area contributed by atoms with Crippen molar-refractivity contribution in [1.82, 2.24) is 15.5 Å². The van der Waals surface area contributed by atoms with E-state index in [-0.39, 0.29) is 12.2 Å². The smallest absolute Gasteiger partial charge is 0.410 e. The van der Waals surface area contributed by atoms with Crippen molar-refractivity contribution in [1.29, 1.82) is 0 Å². The first-order valence-electron chi connectivity index (χ1n) is 10.5. The Hall–Kier alpha value is -2.28. The second-order valence-corrected chi connectivity index (χ2v) is 8.46. The number of alkyl carbamates (subject to hydrolysis) is 1. The van der Waals surface area contributed by atoms with E-state index in [1.165, 1.54) is 0 Å². The minimum atomic E-state index is -0.467. The second kappa shape index (κ2) is 11.7. The molecule has 0 aliphatic carbocycles. The zero-order valence-corrected chi connectivity index (χ0v) is 17.9. The lowest BCUT2D eigenvalue weighted by atomic mass is 9.97. The SMILES string of the molecule is CC(C)(C)OC(=O)NCCCNCC1CCN(C(=O)OCc2ccccc2)CC1. The zero-order chi connectivity index (χ0) is 21.1. The van der Waals surface area contributed by atoms with E-state index >= 15 is 0 Å². The highest BCUT2D eigenvalue weighted by atomic mass is 16.6. The number of piperidine rings is 1. The lowest BCUT2D eigenvalue weighted by Gasteiger charge is -2.31. The number of amides is 2. The summed E-state index contributed by atoms with van der Waals surface area (Å²) in [7, 11) is 0. The van der Waals surface area contributed by atoms with Crippen molar-refractivity contribution in [2.45, 2.75) is 52.2 Å². The molecule has 1 saturated heterocycles. The van der Waals surface area contributed by atoms with Gasteiger partial charge >= 0.3 is 12.2 Å². The van der Waals surface area contributed by atoms with Crippen LogP contribution < -0.4 is 10.6 Å². The molecule has 7 nitrogen and oxygen atoms in total. The normalized spacial score (nSPS) is 15.1. The quantitative estimate of drug-likeness (QED) is 0.647. The van der Waals surface area contributed by atoms with Crippen LogP contribution >= 0.6 is 0 Å². The Balaban J connectivity index is 1.50. The molecule has 0 radical (unpaired) electrons. The number of hydrogen-bond donors (Lipinski definition) is 2. The molecule has 2 amide bonds. The van der Waals surface area contributed by atoms with E-state index in [0.29, 0.717) is 19.1 Å². The number of ether oxygens (including phenoxy) is 2. The first-order chi connectivity index (χ1) is 13.8.